The highest BCUT2D eigenvalue weighted by Crippen LogP contribution is 2.37. The summed E-state index contributed by atoms with van der Waals surface area (Å²) in [6.07, 6.45) is 0. The molecule has 0 amide bonds. The highest BCUT2D eigenvalue weighted by molar-refractivity contribution is 6.34. The maximum absolute atomic E-state index is 6.29. The maximum Gasteiger partial charge on any atom is 0.225 e. The molecule has 0 atom stereocenters. The summed E-state index contributed by atoms with van der Waals surface area (Å²) >= 11 is 12.3. The van der Waals surface area contributed by atoms with Crippen LogP contribution in [0.5, 0.6) is 11.6 Å². The molecule has 112 valence electrons. The number of rotatable bonds is 3. The minimum absolute atomic E-state index is 0.198. The molecule has 0 fully saturated rings. The van der Waals surface area contributed by atoms with Crippen LogP contribution < -0.4 is 4.74 Å². The van der Waals surface area contributed by atoms with Crippen LogP contribution in [0.2, 0.25) is 10.2 Å². The number of ether oxygens (including phenoxy) is 1. The van der Waals surface area contributed by atoms with Crippen molar-refractivity contribution in [3.8, 4) is 11.6 Å². The molecular formula is C17H19Cl2NO. The van der Waals surface area contributed by atoms with Gasteiger partial charge in [0.2, 0.25) is 5.88 Å². The topological polar surface area (TPSA) is 22.1 Å². The van der Waals surface area contributed by atoms with Crippen LogP contribution in [0.4, 0.5) is 0 Å². The number of benzene rings is 1. The number of aryl methyl sites for hydroxylation is 2. The first kappa shape index (κ1) is 16.1. The Bertz CT molecular complexity index is 681. The van der Waals surface area contributed by atoms with Gasteiger partial charge in [0.25, 0.3) is 0 Å². The zero-order chi connectivity index (χ0) is 15.7. The van der Waals surface area contributed by atoms with Gasteiger partial charge in [0.05, 0.1) is 5.02 Å². The van der Waals surface area contributed by atoms with Gasteiger partial charge in [0.15, 0.2) is 0 Å². The average Bonchev–Trinajstić information content (AvgIpc) is 2.33. The molecule has 0 aliphatic rings. The molecule has 0 saturated heterocycles. The molecule has 0 saturated carbocycles. The Morgan fingerprint density at radius 3 is 2.33 bits per heavy atom. The largest absolute Gasteiger partial charge is 0.438 e. The normalized spacial score (nSPS) is 11.0. The number of nitrogens with zero attached hydrogens (tertiary/aromatic N) is 1. The van der Waals surface area contributed by atoms with Crippen molar-refractivity contribution in [2.24, 2.45) is 0 Å². The lowest BCUT2D eigenvalue weighted by molar-refractivity contribution is 0.449. The zero-order valence-electron chi connectivity index (χ0n) is 12.9. The SMILES string of the molecule is Cc1cc(C)c(C)c(Oc2nc(Cl)cc(Cl)c2C(C)C)c1. The summed E-state index contributed by atoms with van der Waals surface area (Å²) in [5, 5.41) is 0.920. The summed E-state index contributed by atoms with van der Waals surface area (Å²) in [6.45, 7) is 10.2. The number of hydrogen-bond acceptors (Lipinski definition) is 2. The van der Waals surface area contributed by atoms with E-state index < -0.39 is 0 Å². The van der Waals surface area contributed by atoms with E-state index in [4.69, 9.17) is 27.9 Å². The van der Waals surface area contributed by atoms with E-state index in [-0.39, 0.29) is 5.92 Å². The first-order valence-corrected chi connectivity index (χ1v) is 7.66. The lowest BCUT2D eigenvalue weighted by atomic mass is 10.0. The molecule has 1 aromatic heterocycles. The van der Waals surface area contributed by atoms with Crippen molar-refractivity contribution >= 4 is 23.2 Å². The first-order valence-electron chi connectivity index (χ1n) is 6.91. The van der Waals surface area contributed by atoms with Crippen LogP contribution in [0.15, 0.2) is 18.2 Å². The van der Waals surface area contributed by atoms with E-state index in [1.54, 1.807) is 6.07 Å². The molecule has 2 nitrogen and oxygen atoms in total. The maximum atomic E-state index is 6.29. The Balaban J connectivity index is 2.54. The molecule has 4 heteroatoms. The van der Waals surface area contributed by atoms with E-state index in [0.29, 0.717) is 16.1 Å². The molecule has 2 rings (SSSR count). The molecule has 0 bridgehead atoms. The van der Waals surface area contributed by atoms with Crippen LogP contribution in [0, 0.1) is 20.8 Å². The zero-order valence-corrected chi connectivity index (χ0v) is 14.4. The van der Waals surface area contributed by atoms with Crippen molar-refractivity contribution in [2.75, 3.05) is 0 Å². The smallest absolute Gasteiger partial charge is 0.225 e. The lowest BCUT2D eigenvalue weighted by Crippen LogP contribution is -2.00. The van der Waals surface area contributed by atoms with Crippen molar-refractivity contribution in [2.45, 2.75) is 40.5 Å². The second-order valence-electron chi connectivity index (χ2n) is 5.61. The van der Waals surface area contributed by atoms with Gasteiger partial charge in [-0.1, -0.05) is 43.1 Å². The predicted molar refractivity (Wildman–Crippen MR) is 89.1 cm³/mol. The van der Waals surface area contributed by atoms with Crippen molar-refractivity contribution in [1.82, 2.24) is 4.98 Å². The van der Waals surface area contributed by atoms with Crippen LogP contribution in [0.25, 0.3) is 0 Å². The Hall–Kier alpha value is -1.25. The van der Waals surface area contributed by atoms with Crippen LogP contribution in [0.1, 0.15) is 42.0 Å². The molecule has 0 aliphatic heterocycles. The summed E-state index contributed by atoms with van der Waals surface area (Å²) in [5.74, 6) is 1.47. The lowest BCUT2D eigenvalue weighted by Gasteiger charge is -2.17. The fourth-order valence-electron chi connectivity index (χ4n) is 2.29. The minimum atomic E-state index is 0.198. The second kappa shape index (κ2) is 6.25. The monoisotopic (exact) mass is 323 g/mol. The fourth-order valence-corrected chi connectivity index (χ4v) is 2.93. The summed E-state index contributed by atoms with van der Waals surface area (Å²) < 4.78 is 6.04. The Labute approximate surface area is 136 Å². The van der Waals surface area contributed by atoms with Gasteiger partial charge in [0, 0.05) is 5.56 Å². The van der Waals surface area contributed by atoms with Gasteiger partial charge >= 0.3 is 0 Å². The number of hydrogen-bond donors (Lipinski definition) is 0. The third-order valence-corrected chi connectivity index (χ3v) is 4.00. The third kappa shape index (κ3) is 3.50. The quantitative estimate of drug-likeness (QED) is 0.624. The van der Waals surface area contributed by atoms with Crippen LogP contribution in [0.3, 0.4) is 0 Å². The highest BCUT2D eigenvalue weighted by Gasteiger charge is 2.17. The van der Waals surface area contributed by atoms with E-state index in [1.165, 1.54) is 5.56 Å². The van der Waals surface area contributed by atoms with Crippen LogP contribution >= 0.6 is 23.2 Å². The molecule has 1 aromatic carbocycles. The second-order valence-corrected chi connectivity index (χ2v) is 6.40. The predicted octanol–water partition coefficient (Wildman–Crippen LogP) is 6.23. The van der Waals surface area contributed by atoms with Crippen molar-refractivity contribution in [1.29, 1.82) is 0 Å². The summed E-state index contributed by atoms with van der Waals surface area (Å²) in [5.41, 5.74) is 4.30. The Morgan fingerprint density at radius 1 is 1.05 bits per heavy atom. The average molecular weight is 324 g/mol. The van der Waals surface area contributed by atoms with Gasteiger partial charge in [-0.3, -0.25) is 0 Å². The first-order chi connectivity index (χ1) is 9.79. The number of pyridine rings is 1. The molecule has 2 aromatic rings. The van der Waals surface area contributed by atoms with Gasteiger partial charge in [-0.15, -0.1) is 0 Å². The van der Waals surface area contributed by atoms with E-state index in [2.05, 4.69) is 31.8 Å². The molecule has 0 spiro atoms. The van der Waals surface area contributed by atoms with Gasteiger partial charge in [-0.05, 0) is 55.5 Å². The van der Waals surface area contributed by atoms with Crippen LogP contribution in [-0.2, 0) is 0 Å². The summed E-state index contributed by atoms with van der Waals surface area (Å²) in [7, 11) is 0. The van der Waals surface area contributed by atoms with E-state index in [9.17, 15) is 0 Å². The minimum Gasteiger partial charge on any atom is -0.438 e. The van der Waals surface area contributed by atoms with E-state index >= 15 is 0 Å². The van der Waals surface area contributed by atoms with Gasteiger partial charge < -0.3 is 4.74 Å². The van der Waals surface area contributed by atoms with Crippen molar-refractivity contribution in [3.05, 3.63) is 50.6 Å². The third-order valence-electron chi connectivity index (χ3n) is 3.49. The fraction of sp³-hybridized carbons (Fsp3) is 0.353. The summed E-state index contributed by atoms with van der Waals surface area (Å²) in [4.78, 5) is 4.31. The van der Waals surface area contributed by atoms with E-state index in [0.717, 1.165) is 22.4 Å². The van der Waals surface area contributed by atoms with Crippen molar-refractivity contribution in [3.63, 3.8) is 0 Å². The molecule has 0 unspecified atom stereocenters. The Kier molecular flexibility index (Phi) is 4.80. The van der Waals surface area contributed by atoms with Gasteiger partial charge in [0.1, 0.15) is 10.9 Å². The summed E-state index contributed by atoms with van der Waals surface area (Å²) in [6, 6.07) is 5.78. The molecule has 0 N–H and O–H groups in total. The molecule has 1 heterocycles. The molecule has 21 heavy (non-hydrogen) atoms. The van der Waals surface area contributed by atoms with Gasteiger partial charge in [-0.25, -0.2) is 4.98 Å². The highest BCUT2D eigenvalue weighted by atomic mass is 35.5. The van der Waals surface area contributed by atoms with Crippen molar-refractivity contribution < 1.29 is 4.74 Å². The number of aromatic nitrogens is 1. The van der Waals surface area contributed by atoms with E-state index in [1.807, 2.05) is 19.9 Å². The molecule has 0 aliphatic carbocycles. The van der Waals surface area contributed by atoms with Gasteiger partial charge in [-0.2, -0.15) is 0 Å². The van der Waals surface area contributed by atoms with Crippen LogP contribution in [-0.4, -0.2) is 4.98 Å². The standard InChI is InChI=1S/C17H19Cl2NO/c1-9(2)16-13(18)8-15(19)20-17(16)21-14-7-10(3)6-11(4)12(14)5/h6-9H,1-5H3. The molecular weight excluding hydrogens is 305 g/mol. The number of halogens is 2. The molecule has 0 radical (unpaired) electrons. The Morgan fingerprint density at radius 2 is 1.71 bits per heavy atom.